The molecule has 0 fully saturated rings. The van der Waals surface area contributed by atoms with Gasteiger partial charge in [0.05, 0.1) is 13.0 Å². The molecule has 0 aliphatic heterocycles. The third-order valence-electron chi connectivity index (χ3n) is 3.22. The molecular weight excluding hydrogens is 366 g/mol. The van der Waals surface area contributed by atoms with Crippen molar-refractivity contribution in [1.82, 2.24) is 16.0 Å². The number of carboxylic acid groups (broad SMARTS) is 1. The largest absolute Gasteiger partial charge is 0.480 e. The van der Waals surface area contributed by atoms with Crippen LogP contribution in [0.1, 0.15) is 19.8 Å². The summed E-state index contributed by atoms with van der Waals surface area (Å²) in [6.45, 7) is 1.04. The number of nitrogens with one attached hydrogen (secondary N) is 3. The first-order valence-electron chi connectivity index (χ1n) is 7.72. The first-order valence-corrected chi connectivity index (χ1v) is 9.11. The van der Waals surface area contributed by atoms with Gasteiger partial charge in [-0.2, -0.15) is 11.8 Å². The second-order valence-electron chi connectivity index (χ2n) is 5.41. The van der Waals surface area contributed by atoms with Gasteiger partial charge < -0.3 is 32.5 Å². The van der Waals surface area contributed by atoms with Crippen LogP contribution in [0.15, 0.2) is 0 Å². The maximum absolute atomic E-state index is 12.3. The molecule has 0 aliphatic rings. The third-order valence-corrected chi connectivity index (χ3v) is 3.86. The van der Waals surface area contributed by atoms with E-state index in [0.29, 0.717) is 5.75 Å². The van der Waals surface area contributed by atoms with Crippen molar-refractivity contribution in [1.29, 1.82) is 0 Å². The molecule has 0 saturated heterocycles. The van der Waals surface area contributed by atoms with Gasteiger partial charge in [0, 0.05) is 0 Å². The van der Waals surface area contributed by atoms with Crippen LogP contribution in [0.3, 0.4) is 0 Å². The van der Waals surface area contributed by atoms with Crippen molar-refractivity contribution in [2.24, 2.45) is 11.5 Å². The van der Waals surface area contributed by atoms with Gasteiger partial charge >= 0.3 is 5.97 Å². The van der Waals surface area contributed by atoms with E-state index in [0.717, 1.165) is 0 Å². The molecule has 4 amide bonds. The summed E-state index contributed by atoms with van der Waals surface area (Å²) in [7, 11) is 0. The van der Waals surface area contributed by atoms with Gasteiger partial charge in [0.15, 0.2) is 0 Å². The fraction of sp³-hybridized carbons (Fsp3) is 0.643. The number of primary amides is 1. The van der Waals surface area contributed by atoms with Gasteiger partial charge in [-0.15, -0.1) is 0 Å². The maximum Gasteiger partial charge on any atom is 0.326 e. The molecule has 0 spiro atoms. The van der Waals surface area contributed by atoms with E-state index in [1.807, 2.05) is 0 Å². The van der Waals surface area contributed by atoms with E-state index in [4.69, 9.17) is 16.6 Å². The summed E-state index contributed by atoms with van der Waals surface area (Å²) < 4.78 is 0. The third kappa shape index (κ3) is 9.22. The van der Waals surface area contributed by atoms with Crippen molar-refractivity contribution in [3.63, 3.8) is 0 Å². The molecule has 0 aromatic heterocycles. The van der Waals surface area contributed by atoms with Crippen LogP contribution in [0.25, 0.3) is 0 Å². The Balaban J connectivity index is 5.02. The molecule has 11 nitrogen and oxygen atoms in total. The van der Waals surface area contributed by atoms with Gasteiger partial charge in [0.1, 0.15) is 18.1 Å². The number of nitrogens with two attached hydrogens (primary N) is 2. The molecule has 26 heavy (non-hydrogen) atoms. The van der Waals surface area contributed by atoms with Crippen LogP contribution < -0.4 is 27.4 Å². The summed E-state index contributed by atoms with van der Waals surface area (Å²) >= 11 is 1.41. The zero-order valence-electron chi connectivity index (χ0n) is 14.6. The minimum absolute atomic E-state index is 0.169. The summed E-state index contributed by atoms with van der Waals surface area (Å²) in [5.41, 5.74) is 10.2. The second kappa shape index (κ2) is 12.1. The summed E-state index contributed by atoms with van der Waals surface area (Å²) in [6, 6.07) is -3.55. The molecule has 0 bridgehead atoms. The lowest BCUT2D eigenvalue weighted by Crippen LogP contribution is -2.56. The zero-order chi connectivity index (χ0) is 20.3. The Hall–Kier alpha value is -2.34. The molecule has 0 heterocycles. The van der Waals surface area contributed by atoms with Gasteiger partial charge in [-0.05, 0) is 25.4 Å². The average Bonchev–Trinajstić information content (AvgIpc) is 2.56. The number of carbonyl (C=O) groups is 5. The quantitative estimate of drug-likeness (QED) is 0.204. The van der Waals surface area contributed by atoms with Crippen molar-refractivity contribution in [3.8, 4) is 0 Å². The van der Waals surface area contributed by atoms with Crippen molar-refractivity contribution in [3.05, 3.63) is 0 Å². The second-order valence-corrected chi connectivity index (χ2v) is 6.39. The van der Waals surface area contributed by atoms with Crippen molar-refractivity contribution < 1.29 is 29.1 Å². The molecule has 0 aromatic carbocycles. The Labute approximate surface area is 155 Å². The molecule has 0 aromatic rings. The van der Waals surface area contributed by atoms with E-state index < -0.39 is 54.1 Å². The number of carboxylic acids is 1. The molecule has 0 saturated carbocycles. The predicted molar refractivity (Wildman–Crippen MR) is 95.0 cm³/mol. The van der Waals surface area contributed by atoms with Crippen LogP contribution >= 0.6 is 11.8 Å². The highest BCUT2D eigenvalue weighted by molar-refractivity contribution is 7.98. The lowest BCUT2D eigenvalue weighted by Gasteiger charge is -2.22. The molecule has 8 N–H and O–H groups in total. The molecule has 0 radical (unpaired) electrons. The standard InChI is InChI=1S/C14H25N5O6S/c1-7(17-11(21)6-15)12(22)19-9(5-10(16)20)13(23)18-8(14(24)25)3-4-26-2/h7-9H,3-6,15H2,1-2H3,(H2,16,20)(H,17,21)(H,18,23)(H,19,22)(H,24,25). The fourth-order valence-corrected chi connectivity index (χ4v) is 2.31. The number of amides is 4. The van der Waals surface area contributed by atoms with Crippen molar-refractivity contribution in [2.45, 2.75) is 37.9 Å². The highest BCUT2D eigenvalue weighted by Gasteiger charge is 2.29. The number of hydrogen-bond acceptors (Lipinski definition) is 7. The first kappa shape index (κ1) is 23.7. The van der Waals surface area contributed by atoms with E-state index in [-0.39, 0.29) is 13.0 Å². The molecule has 3 atom stereocenters. The number of thioether (sulfide) groups is 1. The van der Waals surface area contributed by atoms with Crippen LogP contribution in [0, 0.1) is 0 Å². The van der Waals surface area contributed by atoms with E-state index in [2.05, 4.69) is 16.0 Å². The maximum atomic E-state index is 12.3. The van der Waals surface area contributed by atoms with Crippen molar-refractivity contribution >= 4 is 41.4 Å². The first-order chi connectivity index (χ1) is 12.1. The normalized spacial score (nSPS) is 13.8. The number of carbonyl (C=O) groups excluding carboxylic acids is 4. The Morgan fingerprint density at radius 2 is 1.62 bits per heavy atom. The number of hydrogen-bond donors (Lipinski definition) is 6. The van der Waals surface area contributed by atoms with Gasteiger partial charge in [-0.3, -0.25) is 19.2 Å². The number of aliphatic carboxylic acids is 1. The smallest absolute Gasteiger partial charge is 0.326 e. The Morgan fingerprint density at radius 3 is 2.08 bits per heavy atom. The SMILES string of the molecule is CSCCC(NC(=O)C(CC(N)=O)NC(=O)C(C)NC(=O)CN)C(=O)O. The Kier molecular flexibility index (Phi) is 11.0. The minimum atomic E-state index is -1.37. The minimum Gasteiger partial charge on any atom is -0.480 e. The molecule has 3 unspecified atom stereocenters. The van der Waals surface area contributed by atoms with Crippen molar-refractivity contribution in [2.75, 3.05) is 18.6 Å². The summed E-state index contributed by atoms with van der Waals surface area (Å²) in [5, 5.41) is 16.0. The fourth-order valence-electron chi connectivity index (χ4n) is 1.84. The highest BCUT2D eigenvalue weighted by Crippen LogP contribution is 2.03. The number of rotatable bonds is 12. The molecule has 12 heteroatoms. The van der Waals surface area contributed by atoms with Gasteiger partial charge in [-0.1, -0.05) is 0 Å². The zero-order valence-corrected chi connectivity index (χ0v) is 15.4. The van der Waals surface area contributed by atoms with Crippen LogP contribution in [-0.4, -0.2) is 71.4 Å². The molecule has 148 valence electrons. The van der Waals surface area contributed by atoms with E-state index in [9.17, 15) is 24.0 Å². The Bertz CT molecular complexity index is 544. The Morgan fingerprint density at radius 1 is 1.04 bits per heavy atom. The van der Waals surface area contributed by atoms with Crippen LogP contribution in [0.4, 0.5) is 0 Å². The van der Waals surface area contributed by atoms with Gasteiger partial charge in [-0.25, -0.2) is 4.79 Å². The predicted octanol–water partition coefficient (Wildman–Crippen LogP) is -2.87. The van der Waals surface area contributed by atoms with Crippen LogP contribution in [-0.2, 0) is 24.0 Å². The van der Waals surface area contributed by atoms with E-state index >= 15 is 0 Å². The lowest BCUT2D eigenvalue weighted by molar-refractivity contribution is -0.142. The van der Waals surface area contributed by atoms with Gasteiger partial charge in [0.25, 0.3) is 0 Å². The van der Waals surface area contributed by atoms with Crippen LogP contribution in [0.5, 0.6) is 0 Å². The molecular formula is C14H25N5O6S. The monoisotopic (exact) mass is 391 g/mol. The molecule has 0 aliphatic carbocycles. The summed E-state index contributed by atoms with van der Waals surface area (Å²) in [5.74, 6) is -3.79. The average molecular weight is 391 g/mol. The summed E-state index contributed by atoms with van der Waals surface area (Å²) in [4.78, 5) is 57.9. The molecule has 0 rings (SSSR count). The van der Waals surface area contributed by atoms with Gasteiger partial charge in [0.2, 0.25) is 23.6 Å². The lowest BCUT2D eigenvalue weighted by atomic mass is 10.1. The summed E-state index contributed by atoms with van der Waals surface area (Å²) in [6.07, 6.45) is 1.43. The highest BCUT2D eigenvalue weighted by atomic mass is 32.2. The topological polar surface area (TPSA) is 194 Å². The van der Waals surface area contributed by atoms with E-state index in [1.54, 1.807) is 6.26 Å². The van der Waals surface area contributed by atoms with Crippen LogP contribution in [0.2, 0.25) is 0 Å². The van der Waals surface area contributed by atoms with E-state index in [1.165, 1.54) is 18.7 Å².